The summed E-state index contributed by atoms with van der Waals surface area (Å²) in [7, 11) is 0. The average molecular weight is 275 g/mol. The van der Waals surface area contributed by atoms with Crippen LogP contribution < -0.4 is 5.32 Å². The van der Waals surface area contributed by atoms with E-state index in [4.69, 9.17) is 0 Å². The fraction of sp³-hybridized carbons (Fsp3) is 0.667. The molecule has 0 aromatic heterocycles. The zero-order valence-electron chi connectivity index (χ0n) is 12.9. The molecule has 2 unspecified atom stereocenters. The van der Waals surface area contributed by atoms with Crippen LogP contribution in [0.2, 0.25) is 0 Å². The number of halogens is 1. The van der Waals surface area contributed by atoms with Crippen molar-refractivity contribution < 1.29 is 4.39 Å². The summed E-state index contributed by atoms with van der Waals surface area (Å²) < 4.78 is 13.5. The summed E-state index contributed by atoms with van der Waals surface area (Å²) in [6, 6.07) is 5.77. The first-order valence-corrected chi connectivity index (χ1v) is 7.96. The van der Waals surface area contributed by atoms with E-state index >= 15 is 0 Å². The van der Waals surface area contributed by atoms with Crippen molar-refractivity contribution >= 4 is 0 Å². The number of benzene rings is 1. The molecule has 0 bridgehead atoms. The highest BCUT2D eigenvalue weighted by Gasteiger charge is 2.53. The summed E-state index contributed by atoms with van der Waals surface area (Å²) in [6.07, 6.45) is 5.12. The smallest absolute Gasteiger partial charge is 0.123 e. The number of hydrogen-bond donors (Lipinski definition) is 1. The van der Waals surface area contributed by atoms with Gasteiger partial charge >= 0.3 is 0 Å². The van der Waals surface area contributed by atoms with Gasteiger partial charge in [0, 0.05) is 12.6 Å². The Kier molecular flexibility index (Phi) is 3.62. The molecule has 2 aliphatic rings. The van der Waals surface area contributed by atoms with Crippen molar-refractivity contribution in [2.24, 2.45) is 17.3 Å². The normalized spacial score (nSPS) is 31.6. The number of hydrogen-bond acceptors (Lipinski definition) is 1. The predicted octanol–water partition coefficient (Wildman–Crippen LogP) is 4.09. The molecule has 0 radical (unpaired) electrons. The Bertz CT molecular complexity index is 484. The fourth-order valence-corrected chi connectivity index (χ4v) is 4.01. The molecule has 1 N–H and O–H groups in total. The Balaban J connectivity index is 1.77. The minimum atomic E-state index is -0.0966. The van der Waals surface area contributed by atoms with Crippen molar-refractivity contribution in [3.63, 3.8) is 0 Å². The van der Waals surface area contributed by atoms with E-state index in [1.807, 2.05) is 6.07 Å². The van der Waals surface area contributed by atoms with Crippen molar-refractivity contribution in [2.75, 3.05) is 6.54 Å². The zero-order valence-corrected chi connectivity index (χ0v) is 12.9. The largest absolute Gasteiger partial charge is 0.314 e. The van der Waals surface area contributed by atoms with Crippen LogP contribution in [0.5, 0.6) is 0 Å². The van der Waals surface area contributed by atoms with E-state index < -0.39 is 0 Å². The van der Waals surface area contributed by atoms with Gasteiger partial charge in [-0.15, -0.1) is 0 Å². The van der Waals surface area contributed by atoms with Crippen LogP contribution in [0.3, 0.4) is 0 Å². The molecule has 2 atom stereocenters. The molecule has 3 rings (SSSR count). The van der Waals surface area contributed by atoms with Crippen LogP contribution in [0.4, 0.5) is 4.39 Å². The van der Waals surface area contributed by atoms with Gasteiger partial charge in [0.05, 0.1) is 0 Å². The van der Waals surface area contributed by atoms with Gasteiger partial charge in [0.2, 0.25) is 0 Å². The predicted molar refractivity (Wildman–Crippen MR) is 81.2 cm³/mol. The first kappa shape index (κ1) is 14.1. The van der Waals surface area contributed by atoms with Crippen molar-refractivity contribution in [3.05, 3.63) is 35.1 Å². The average Bonchev–Trinajstić information content (AvgIpc) is 3.00. The highest BCUT2D eigenvalue weighted by molar-refractivity contribution is 5.28. The van der Waals surface area contributed by atoms with Gasteiger partial charge in [-0.05, 0) is 73.1 Å². The SMILES string of the molecule is Cc1ccc(F)cc1CC1(CNC(C)C)CC2CC2C1. The Morgan fingerprint density at radius 1 is 1.30 bits per heavy atom. The number of fused-ring (bicyclic) bond motifs is 1. The van der Waals surface area contributed by atoms with Crippen LogP contribution in [-0.4, -0.2) is 12.6 Å². The van der Waals surface area contributed by atoms with Crippen LogP contribution in [0.1, 0.15) is 44.2 Å². The van der Waals surface area contributed by atoms with Crippen molar-refractivity contribution in [1.82, 2.24) is 5.32 Å². The monoisotopic (exact) mass is 275 g/mol. The van der Waals surface area contributed by atoms with Crippen LogP contribution in [-0.2, 0) is 6.42 Å². The second-order valence-corrected chi connectivity index (χ2v) is 7.45. The molecule has 0 heterocycles. The van der Waals surface area contributed by atoms with Crippen LogP contribution in [0.15, 0.2) is 18.2 Å². The van der Waals surface area contributed by atoms with E-state index in [0.717, 1.165) is 24.8 Å². The molecule has 2 heteroatoms. The van der Waals surface area contributed by atoms with E-state index in [-0.39, 0.29) is 5.82 Å². The molecule has 0 aliphatic heterocycles. The van der Waals surface area contributed by atoms with Crippen LogP contribution >= 0.6 is 0 Å². The molecule has 1 nitrogen and oxygen atoms in total. The molecule has 0 saturated heterocycles. The summed E-state index contributed by atoms with van der Waals surface area (Å²) in [4.78, 5) is 0. The van der Waals surface area contributed by atoms with Gasteiger partial charge in [0.25, 0.3) is 0 Å². The first-order valence-electron chi connectivity index (χ1n) is 7.96. The Morgan fingerprint density at radius 3 is 2.65 bits per heavy atom. The summed E-state index contributed by atoms with van der Waals surface area (Å²) >= 11 is 0. The summed E-state index contributed by atoms with van der Waals surface area (Å²) in [5.41, 5.74) is 2.80. The fourth-order valence-electron chi connectivity index (χ4n) is 4.01. The third-order valence-corrected chi connectivity index (χ3v) is 5.22. The van der Waals surface area contributed by atoms with Crippen LogP contribution in [0, 0.1) is 30.0 Å². The molecule has 20 heavy (non-hydrogen) atoms. The third kappa shape index (κ3) is 2.90. The van der Waals surface area contributed by atoms with E-state index in [1.54, 1.807) is 12.1 Å². The molecule has 2 saturated carbocycles. The second kappa shape index (κ2) is 5.14. The molecule has 2 aliphatic carbocycles. The van der Waals surface area contributed by atoms with E-state index in [0.29, 0.717) is 11.5 Å². The maximum absolute atomic E-state index is 13.5. The van der Waals surface area contributed by atoms with Gasteiger partial charge in [-0.3, -0.25) is 0 Å². The lowest BCUT2D eigenvalue weighted by atomic mass is 9.76. The minimum absolute atomic E-state index is 0.0966. The number of rotatable bonds is 5. The van der Waals surface area contributed by atoms with E-state index in [9.17, 15) is 4.39 Å². The molecule has 110 valence electrons. The van der Waals surface area contributed by atoms with Crippen molar-refractivity contribution in [2.45, 2.75) is 52.5 Å². The van der Waals surface area contributed by atoms with Gasteiger partial charge in [-0.2, -0.15) is 0 Å². The van der Waals surface area contributed by atoms with Crippen molar-refractivity contribution in [3.8, 4) is 0 Å². The quantitative estimate of drug-likeness (QED) is 0.853. The highest BCUT2D eigenvalue weighted by atomic mass is 19.1. The van der Waals surface area contributed by atoms with Crippen LogP contribution in [0.25, 0.3) is 0 Å². The highest BCUT2D eigenvalue weighted by Crippen LogP contribution is 2.60. The standard InChI is InChI=1S/C18H26FN/c1-12(2)20-11-18(9-15-6-16(15)10-18)8-14-7-17(19)5-4-13(14)3/h4-5,7,12,15-16,20H,6,8-11H2,1-3H3. The third-order valence-electron chi connectivity index (χ3n) is 5.22. The maximum Gasteiger partial charge on any atom is 0.123 e. The molecular formula is C18H26FN. The number of aryl methyl sites for hydroxylation is 1. The number of nitrogens with one attached hydrogen (secondary N) is 1. The van der Waals surface area contributed by atoms with E-state index in [2.05, 4.69) is 26.1 Å². The summed E-state index contributed by atoms with van der Waals surface area (Å²) in [5.74, 6) is 1.82. The molecule has 1 aromatic rings. The molecule has 0 spiro atoms. The Morgan fingerprint density at radius 2 is 2.00 bits per heavy atom. The lowest BCUT2D eigenvalue weighted by Crippen LogP contribution is -2.38. The van der Waals surface area contributed by atoms with Gasteiger partial charge < -0.3 is 5.32 Å². The van der Waals surface area contributed by atoms with Gasteiger partial charge in [-0.25, -0.2) is 4.39 Å². The van der Waals surface area contributed by atoms with Gasteiger partial charge in [0.15, 0.2) is 0 Å². The molecule has 2 fully saturated rings. The maximum atomic E-state index is 13.5. The Hall–Kier alpha value is -0.890. The second-order valence-electron chi connectivity index (χ2n) is 7.45. The zero-order chi connectivity index (χ0) is 14.3. The molecule has 0 amide bonds. The molecular weight excluding hydrogens is 249 g/mol. The van der Waals surface area contributed by atoms with Crippen molar-refractivity contribution in [1.29, 1.82) is 0 Å². The Labute approximate surface area is 122 Å². The lowest BCUT2D eigenvalue weighted by Gasteiger charge is -2.33. The summed E-state index contributed by atoms with van der Waals surface area (Å²) in [5, 5.41) is 3.63. The van der Waals surface area contributed by atoms with E-state index in [1.165, 1.54) is 30.4 Å². The van der Waals surface area contributed by atoms with Gasteiger partial charge in [0.1, 0.15) is 5.82 Å². The van der Waals surface area contributed by atoms with Gasteiger partial charge in [-0.1, -0.05) is 19.9 Å². The summed E-state index contributed by atoms with van der Waals surface area (Å²) in [6.45, 7) is 7.59. The lowest BCUT2D eigenvalue weighted by molar-refractivity contribution is 0.241. The topological polar surface area (TPSA) is 12.0 Å². The first-order chi connectivity index (χ1) is 9.47. The minimum Gasteiger partial charge on any atom is -0.314 e. The molecule has 1 aromatic carbocycles.